The van der Waals surface area contributed by atoms with E-state index in [4.69, 9.17) is 4.74 Å². The van der Waals surface area contributed by atoms with Crippen LogP contribution >= 0.6 is 11.3 Å². The molecule has 1 saturated heterocycles. The van der Waals surface area contributed by atoms with Crippen molar-refractivity contribution in [2.45, 2.75) is 49.5 Å². The van der Waals surface area contributed by atoms with Gasteiger partial charge in [-0.15, -0.1) is 11.3 Å². The molecule has 30 heavy (non-hydrogen) atoms. The van der Waals surface area contributed by atoms with E-state index in [1.807, 2.05) is 0 Å². The highest BCUT2D eigenvalue weighted by Gasteiger charge is 2.40. The fourth-order valence-electron chi connectivity index (χ4n) is 4.14. The summed E-state index contributed by atoms with van der Waals surface area (Å²) in [4.78, 5) is 14.3. The van der Waals surface area contributed by atoms with Gasteiger partial charge in [0.05, 0.1) is 17.6 Å². The van der Waals surface area contributed by atoms with Crippen molar-refractivity contribution in [1.82, 2.24) is 4.31 Å². The summed E-state index contributed by atoms with van der Waals surface area (Å²) in [7, 11) is -2.30. The van der Waals surface area contributed by atoms with Crippen LogP contribution in [0.25, 0.3) is 0 Å². The second-order valence-corrected chi connectivity index (χ2v) is 10.5. The Bertz CT molecular complexity index is 1100. The molecule has 4 rings (SSSR count). The van der Waals surface area contributed by atoms with E-state index in [9.17, 15) is 18.5 Å². The summed E-state index contributed by atoms with van der Waals surface area (Å²) in [6.45, 7) is 0.290. The first-order valence-corrected chi connectivity index (χ1v) is 12.2. The maximum atomic E-state index is 13.1. The molecule has 1 unspecified atom stereocenters. The number of fused-ring (bicyclic) bond motifs is 1. The van der Waals surface area contributed by atoms with Gasteiger partial charge in [0.2, 0.25) is 15.9 Å². The number of nitrogens with one attached hydrogen (secondary N) is 1. The van der Waals surface area contributed by atoms with E-state index in [0.717, 1.165) is 36.1 Å². The van der Waals surface area contributed by atoms with Gasteiger partial charge in [-0.3, -0.25) is 4.79 Å². The molecule has 1 aliphatic heterocycles. The molecular weight excluding hydrogens is 422 g/mol. The molecule has 0 saturated carbocycles. The number of rotatable bonds is 5. The van der Waals surface area contributed by atoms with Gasteiger partial charge in [-0.25, -0.2) is 8.42 Å². The lowest BCUT2D eigenvalue weighted by Crippen LogP contribution is -2.43. The average Bonchev–Trinajstić information content (AvgIpc) is 3.38. The van der Waals surface area contributed by atoms with Crippen LogP contribution in [-0.4, -0.2) is 38.3 Å². The summed E-state index contributed by atoms with van der Waals surface area (Å²) >= 11 is 1.45. The highest BCUT2D eigenvalue weighted by molar-refractivity contribution is 7.89. The normalized spacial score (nSPS) is 19.1. The number of anilines is 1. The Morgan fingerprint density at radius 3 is 2.67 bits per heavy atom. The van der Waals surface area contributed by atoms with E-state index in [2.05, 4.69) is 11.4 Å². The molecule has 1 aromatic carbocycles. The van der Waals surface area contributed by atoms with Gasteiger partial charge >= 0.3 is 0 Å². The van der Waals surface area contributed by atoms with E-state index in [1.165, 1.54) is 34.9 Å². The third kappa shape index (κ3) is 3.71. The second-order valence-electron chi connectivity index (χ2n) is 7.47. The number of carbonyl (C=O) groups is 1. The van der Waals surface area contributed by atoms with Gasteiger partial charge in [-0.05, 0) is 68.4 Å². The van der Waals surface area contributed by atoms with Crippen LogP contribution in [0.1, 0.15) is 41.7 Å². The number of nitrogens with zero attached hydrogens (tertiary/aromatic N) is 2. The molecule has 158 valence electrons. The zero-order chi connectivity index (χ0) is 21.3. The minimum absolute atomic E-state index is 0.132. The summed E-state index contributed by atoms with van der Waals surface area (Å²) in [6.07, 6.45) is 4.97. The van der Waals surface area contributed by atoms with Crippen molar-refractivity contribution in [2.24, 2.45) is 0 Å². The van der Waals surface area contributed by atoms with Crippen molar-refractivity contribution in [3.05, 3.63) is 40.3 Å². The maximum absolute atomic E-state index is 13.1. The number of ether oxygens (including phenoxy) is 1. The zero-order valence-corrected chi connectivity index (χ0v) is 18.3. The molecule has 1 atom stereocenters. The maximum Gasteiger partial charge on any atom is 0.243 e. The Labute approximate surface area is 180 Å². The average molecular weight is 446 g/mol. The molecule has 0 spiro atoms. The molecular formula is C21H23N3O4S2. The van der Waals surface area contributed by atoms with E-state index < -0.39 is 16.1 Å². The van der Waals surface area contributed by atoms with E-state index in [-0.39, 0.29) is 10.8 Å². The van der Waals surface area contributed by atoms with Gasteiger partial charge in [-0.2, -0.15) is 9.57 Å². The zero-order valence-electron chi connectivity index (χ0n) is 16.7. The van der Waals surface area contributed by atoms with Gasteiger partial charge < -0.3 is 10.1 Å². The Kier molecular flexibility index (Phi) is 5.82. The monoisotopic (exact) mass is 445 g/mol. The number of sulfonamides is 1. The predicted octanol–water partition coefficient (Wildman–Crippen LogP) is 3.30. The standard InChI is InChI=1S/C21H23N3O4S2/c1-28-14-8-10-15(11-9-14)30(26,27)24-12-4-6-18(24)20(25)23-21-17(13-22)16-5-2-3-7-19(16)29-21/h8-11,18H,2-7,12H2,1H3,(H,23,25). The lowest BCUT2D eigenvalue weighted by atomic mass is 9.96. The molecule has 2 aromatic rings. The van der Waals surface area contributed by atoms with Crippen LogP contribution in [0.3, 0.4) is 0 Å². The third-order valence-electron chi connectivity index (χ3n) is 5.69. The molecule has 1 N–H and O–H groups in total. The largest absolute Gasteiger partial charge is 0.497 e. The predicted molar refractivity (Wildman–Crippen MR) is 114 cm³/mol. The number of methoxy groups -OCH3 is 1. The number of aryl methyl sites for hydroxylation is 1. The summed E-state index contributed by atoms with van der Waals surface area (Å²) in [6, 6.07) is 7.60. The molecule has 1 fully saturated rings. The molecule has 2 heterocycles. The number of amides is 1. The Morgan fingerprint density at radius 2 is 1.97 bits per heavy atom. The van der Waals surface area contributed by atoms with Gasteiger partial charge in [0.15, 0.2) is 0 Å². The van der Waals surface area contributed by atoms with E-state index >= 15 is 0 Å². The molecule has 1 amide bonds. The van der Waals surface area contributed by atoms with Crippen molar-refractivity contribution >= 4 is 32.3 Å². The van der Waals surface area contributed by atoms with Crippen LogP contribution in [0.15, 0.2) is 29.2 Å². The summed E-state index contributed by atoms with van der Waals surface area (Å²) in [5, 5.41) is 13.0. The summed E-state index contributed by atoms with van der Waals surface area (Å²) in [5.74, 6) is 0.190. The Morgan fingerprint density at radius 1 is 1.23 bits per heavy atom. The van der Waals surface area contributed by atoms with Gasteiger partial charge in [-0.1, -0.05) is 0 Å². The highest BCUT2D eigenvalue weighted by atomic mass is 32.2. The number of thiophene rings is 1. The first kappa shape index (κ1) is 20.8. The molecule has 0 bridgehead atoms. The fraction of sp³-hybridized carbons (Fsp3) is 0.429. The number of hydrogen-bond donors (Lipinski definition) is 1. The third-order valence-corrected chi connectivity index (χ3v) is 8.82. The number of hydrogen-bond acceptors (Lipinski definition) is 6. The van der Waals surface area contributed by atoms with Crippen LogP contribution in [0.5, 0.6) is 5.75 Å². The molecule has 2 aliphatic rings. The minimum atomic E-state index is -3.81. The molecule has 1 aromatic heterocycles. The quantitative estimate of drug-likeness (QED) is 0.761. The SMILES string of the molecule is COc1ccc(S(=O)(=O)N2CCCC2C(=O)Nc2sc3c(c2C#N)CCCC3)cc1. The smallest absolute Gasteiger partial charge is 0.243 e. The number of benzene rings is 1. The van der Waals surface area contributed by atoms with Crippen molar-refractivity contribution in [3.63, 3.8) is 0 Å². The van der Waals surface area contributed by atoms with Crippen molar-refractivity contribution in [3.8, 4) is 11.8 Å². The van der Waals surface area contributed by atoms with Crippen LogP contribution in [-0.2, 0) is 27.7 Å². The van der Waals surface area contributed by atoms with Crippen molar-refractivity contribution in [2.75, 3.05) is 19.0 Å². The summed E-state index contributed by atoms with van der Waals surface area (Å²) < 4.78 is 32.6. The van der Waals surface area contributed by atoms with Crippen molar-refractivity contribution in [1.29, 1.82) is 5.26 Å². The van der Waals surface area contributed by atoms with Crippen LogP contribution in [0, 0.1) is 11.3 Å². The van der Waals surface area contributed by atoms with E-state index in [0.29, 0.717) is 35.7 Å². The van der Waals surface area contributed by atoms with Gasteiger partial charge in [0.25, 0.3) is 0 Å². The topological polar surface area (TPSA) is 99.5 Å². The summed E-state index contributed by atoms with van der Waals surface area (Å²) in [5.41, 5.74) is 1.57. The first-order valence-electron chi connectivity index (χ1n) is 9.97. The number of nitriles is 1. The molecule has 7 nitrogen and oxygen atoms in total. The fourth-order valence-corrected chi connectivity index (χ4v) is 7.04. The Hall–Kier alpha value is -2.41. The lowest BCUT2D eigenvalue weighted by Gasteiger charge is -2.23. The van der Waals surface area contributed by atoms with Gasteiger partial charge in [0.1, 0.15) is 22.9 Å². The van der Waals surface area contributed by atoms with E-state index in [1.54, 1.807) is 12.1 Å². The second kappa shape index (κ2) is 8.38. The van der Waals surface area contributed by atoms with Crippen LogP contribution < -0.4 is 10.1 Å². The Balaban J connectivity index is 1.57. The van der Waals surface area contributed by atoms with Crippen LogP contribution in [0.2, 0.25) is 0 Å². The van der Waals surface area contributed by atoms with Crippen LogP contribution in [0.4, 0.5) is 5.00 Å². The highest BCUT2D eigenvalue weighted by Crippen LogP contribution is 2.38. The number of carbonyl (C=O) groups excluding carboxylic acids is 1. The first-order chi connectivity index (χ1) is 14.5. The molecule has 0 radical (unpaired) electrons. The lowest BCUT2D eigenvalue weighted by molar-refractivity contribution is -0.119. The van der Waals surface area contributed by atoms with Crippen molar-refractivity contribution < 1.29 is 17.9 Å². The minimum Gasteiger partial charge on any atom is -0.497 e. The molecule has 9 heteroatoms. The van der Waals surface area contributed by atoms with Gasteiger partial charge in [0, 0.05) is 11.4 Å². The molecule has 1 aliphatic carbocycles.